The molecule has 0 saturated heterocycles. The molecule has 0 atom stereocenters. The maximum atomic E-state index is 5.76. The van der Waals surface area contributed by atoms with Crippen molar-refractivity contribution < 1.29 is 9.47 Å². The van der Waals surface area contributed by atoms with E-state index in [2.05, 4.69) is 23.0 Å². The standard InChI is InChI=1S/C16H16N2O2/c1-11-7-8-12-13(9-11)18-16(17-12)10-20-15-6-4-3-5-14(15)19-2/h3-9H,10H2,1-2H3,(H,17,18). The van der Waals surface area contributed by atoms with Crippen LogP contribution in [0.15, 0.2) is 42.5 Å². The summed E-state index contributed by atoms with van der Waals surface area (Å²) in [5.74, 6) is 2.24. The summed E-state index contributed by atoms with van der Waals surface area (Å²) in [6, 6.07) is 13.7. The lowest BCUT2D eigenvalue weighted by Gasteiger charge is -2.08. The quantitative estimate of drug-likeness (QED) is 0.788. The van der Waals surface area contributed by atoms with Crippen molar-refractivity contribution in [3.63, 3.8) is 0 Å². The summed E-state index contributed by atoms with van der Waals surface area (Å²) < 4.78 is 11.0. The minimum atomic E-state index is 0.383. The predicted octanol–water partition coefficient (Wildman–Crippen LogP) is 3.46. The Hall–Kier alpha value is -2.49. The number of nitrogens with one attached hydrogen (secondary N) is 1. The molecule has 0 fully saturated rings. The van der Waals surface area contributed by atoms with Gasteiger partial charge in [0.1, 0.15) is 12.4 Å². The van der Waals surface area contributed by atoms with Crippen LogP contribution in [0.3, 0.4) is 0 Å². The first-order chi connectivity index (χ1) is 9.76. The van der Waals surface area contributed by atoms with Crippen LogP contribution in [0.4, 0.5) is 0 Å². The predicted molar refractivity (Wildman–Crippen MR) is 78.2 cm³/mol. The molecule has 3 rings (SSSR count). The molecule has 3 aromatic rings. The van der Waals surface area contributed by atoms with Crippen molar-refractivity contribution in [2.75, 3.05) is 7.11 Å². The molecule has 0 aliphatic heterocycles. The molecular weight excluding hydrogens is 252 g/mol. The zero-order chi connectivity index (χ0) is 13.9. The Morgan fingerprint density at radius 3 is 2.70 bits per heavy atom. The highest BCUT2D eigenvalue weighted by Crippen LogP contribution is 2.26. The topological polar surface area (TPSA) is 47.1 Å². The van der Waals surface area contributed by atoms with E-state index in [1.165, 1.54) is 5.56 Å². The molecule has 1 N–H and O–H groups in total. The van der Waals surface area contributed by atoms with Crippen molar-refractivity contribution in [2.45, 2.75) is 13.5 Å². The Balaban J connectivity index is 1.79. The van der Waals surface area contributed by atoms with Gasteiger partial charge in [0.2, 0.25) is 0 Å². The van der Waals surface area contributed by atoms with Gasteiger partial charge in [-0.1, -0.05) is 18.2 Å². The summed E-state index contributed by atoms with van der Waals surface area (Å²) in [7, 11) is 1.63. The van der Waals surface area contributed by atoms with E-state index in [0.717, 1.165) is 22.6 Å². The summed E-state index contributed by atoms with van der Waals surface area (Å²) in [6.45, 7) is 2.44. The van der Waals surface area contributed by atoms with E-state index in [9.17, 15) is 0 Å². The summed E-state index contributed by atoms with van der Waals surface area (Å²) >= 11 is 0. The number of ether oxygens (including phenoxy) is 2. The van der Waals surface area contributed by atoms with E-state index < -0.39 is 0 Å². The highest BCUT2D eigenvalue weighted by Gasteiger charge is 2.06. The number of rotatable bonds is 4. The Labute approximate surface area is 117 Å². The fourth-order valence-corrected chi connectivity index (χ4v) is 2.13. The average Bonchev–Trinajstić information content (AvgIpc) is 2.87. The molecule has 102 valence electrons. The molecule has 4 heteroatoms. The maximum absolute atomic E-state index is 5.76. The van der Waals surface area contributed by atoms with E-state index in [4.69, 9.17) is 9.47 Å². The van der Waals surface area contributed by atoms with Crippen LogP contribution >= 0.6 is 0 Å². The van der Waals surface area contributed by atoms with Crippen LogP contribution in [-0.4, -0.2) is 17.1 Å². The van der Waals surface area contributed by atoms with Crippen LogP contribution in [0.1, 0.15) is 11.4 Å². The molecule has 0 aliphatic carbocycles. The highest BCUT2D eigenvalue weighted by molar-refractivity contribution is 5.75. The van der Waals surface area contributed by atoms with Gasteiger partial charge in [-0.05, 0) is 36.8 Å². The van der Waals surface area contributed by atoms with E-state index in [1.807, 2.05) is 36.4 Å². The van der Waals surface area contributed by atoms with Crippen LogP contribution in [0.25, 0.3) is 11.0 Å². The summed E-state index contributed by atoms with van der Waals surface area (Å²) in [5, 5.41) is 0. The van der Waals surface area contributed by atoms with Gasteiger partial charge in [0.25, 0.3) is 0 Å². The van der Waals surface area contributed by atoms with Gasteiger partial charge in [-0.3, -0.25) is 0 Å². The Morgan fingerprint density at radius 2 is 1.90 bits per heavy atom. The molecule has 1 aromatic heterocycles. The lowest BCUT2D eigenvalue weighted by molar-refractivity contribution is 0.277. The summed E-state index contributed by atoms with van der Waals surface area (Å²) in [5.41, 5.74) is 3.19. The molecule has 1 heterocycles. The van der Waals surface area contributed by atoms with Crippen LogP contribution in [-0.2, 0) is 6.61 Å². The van der Waals surface area contributed by atoms with Gasteiger partial charge in [-0.25, -0.2) is 4.98 Å². The number of benzene rings is 2. The number of hydrogen-bond acceptors (Lipinski definition) is 3. The number of methoxy groups -OCH3 is 1. The minimum absolute atomic E-state index is 0.383. The molecule has 0 bridgehead atoms. The molecule has 0 unspecified atom stereocenters. The number of aryl methyl sites for hydroxylation is 1. The van der Waals surface area contributed by atoms with Gasteiger partial charge in [-0.15, -0.1) is 0 Å². The number of aromatic amines is 1. The largest absolute Gasteiger partial charge is 0.493 e. The molecule has 2 aromatic carbocycles. The monoisotopic (exact) mass is 268 g/mol. The number of imidazole rings is 1. The van der Waals surface area contributed by atoms with E-state index in [1.54, 1.807) is 7.11 Å². The zero-order valence-corrected chi connectivity index (χ0v) is 11.5. The number of hydrogen-bond donors (Lipinski definition) is 1. The fraction of sp³-hybridized carbons (Fsp3) is 0.188. The van der Waals surface area contributed by atoms with E-state index >= 15 is 0 Å². The highest BCUT2D eigenvalue weighted by atomic mass is 16.5. The van der Waals surface area contributed by atoms with Gasteiger partial charge in [0.05, 0.1) is 18.1 Å². The first kappa shape index (κ1) is 12.5. The molecule has 0 spiro atoms. The van der Waals surface area contributed by atoms with Crippen molar-refractivity contribution in [1.29, 1.82) is 0 Å². The zero-order valence-electron chi connectivity index (χ0n) is 11.5. The van der Waals surface area contributed by atoms with Crippen molar-refractivity contribution in [1.82, 2.24) is 9.97 Å². The molecule has 4 nitrogen and oxygen atoms in total. The van der Waals surface area contributed by atoms with Crippen molar-refractivity contribution >= 4 is 11.0 Å². The first-order valence-electron chi connectivity index (χ1n) is 6.47. The Morgan fingerprint density at radius 1 is 1.10 bits per heavy atom. The van der Waals surface area contributed by atoms with Crippen molar-refractivity contribution in [3.8, 4) is 11.5 Å². The van der Waals surface area contributed by atoms with Crippen LogP contribution in [0, 0.1) is 6.92 Å². The Kier molecular flexibility index (Phi) is 3.29. The van der Waals surface area contributed by atoms with Gasteiger partial charge >= 0.3 is 0 Å². The fourth-order valence-electron chi connectivity index (χ4n) is 2.13. The lowest BCUT2D eigenvalue weighted by atomic mass is 10.2. The third-order valence-electron chi connectivity index (χ3n) is 3.12. The van der Waals surface area contributed by atoms with Crippen LogP contribution in [0.5, 0.6) is 11.5 Å². The lowest BCUT2D eigenvalue weighted by Crippen LogP contribution is -1.99. The van der Waals surface area contributed by atoms with Crippen LogP contribution < -0.4 is 9.47 Å². The first-order valence-corrected chi connectivity index (χ1v) is 6.47. The molecular formula is C16H16N2O2. The number of aromatic nitrogens is 2. The molecule has 0 radical (unpaired) electrons. The summed E-state index contributed by atoms with van der Waals surface area (Å²) in [6.07, 6.45) is 0. The average molecular weight is 268 g/mol. The summed E-state index contributed by atoms with van der Waals surface area (Å²) in [4.78, 5) is 7.77. The smallest absolute Gasteiger partial charge is 0.161 e. The van der Waals surface area contributed by atoms with Crippen molar-refractivity contribution in [2.24, 2.45) is 0 Å². The second-order valence-electron chi connectivity index (χ2n) is 4.64. The SMILES string of the molecule is COc1ccccc1OCc1nc2ccc(C)cc2[nH]1. The minimum Gasteiger partial charge on any atom is -0.493 e. The maximum Gasteiger partial charge on any atom is 0.161 e. The van der Waals surface area contributed by atoms with Gasteiger partial charge in [-0.2, -0.15) is 0 Å². The normalized spacial score (nSPS) is 10.7. The second kappa shape index (κ2) is 5.25. The number of fused-ring (bicyclic) bond motifs is 1. The van der Waals surface area contributed by atoms with Crippen molar-refractivity contribution in [3.05, 3.63) is 53.9 Å². The van der Waals surface area contributed by atoms with Gasteiger partial charge < -0.3 is 14.5 Å². The van der Waals surface area contributed by atoms with E-state index in [-0.39, 0.29) is 0 Å². The number of nitrogens with zero attached hydrogens (tertiary/aromatic N) is 1. The molecule has 0 amide bonds. The second-order valence-corrected chi connectivity index (χ2v) is 4.64. The third kappa shape index (κ3) is 2.45. The molecule has 0 saturated carbocycles. The molecule has 0 aliphatic rings. The number of para-hydroxylation sites is 2. The molecule has 20 heavy (non-hydrogen) atoms. The Bertz CT molecular complexity index is 734. The van der Waals surface area contributed by atoms with E-state index in [0.29, 0.717) is 12.4 Å². The van der Waals surface area contributed by atoms with Crippen LogP contribution in [0.2, 0.25) is 0 Å². The van der Waals surface area contributed by atoms with Gasteiger partial charge in [0.15, 0.2) is 11.5 Å². The third-order valence-corrected chi connectivity index (χ3v) is 3.12. The van der Waals surface area contributed by atoms with Gasteiger partial charge in [0, 0.05) is 0 Å². The number of H-pyrrole nitrogens is 1.